The molecule has 128 heavy (non-hydrogen) atoms. The van der Waals surface area contributed by atoms with Crippen molar-refractivity contribution >= 4 is 118 Å². The number of carbonyl (C=O) groups excluding carboxylic acids is 14. The minimum Gasteiger partial charge on any atom is -0.508 e. The van der Waals surface area contributed by atoms with Gasteiger partial charge in [0.05, 0.1) is 30.6 Å². The van der Waals surface area contributed by atoms with Crippen molar-refractivity contribution in [2.45, 2.75) is 236 Å². The minimum absolute atomic E-state index is 0.00197. The van der Waals surface area contributed by atoms with Crippen LogP contribution >= 0.6 is 11.8 Å². The van der Waals surface area contributed by atoms with E-state index in [0.717, 1.165) is 28.5 Å². The maximum atomic E-state index is 15.3. The number of aliphatic carboxylic acids is 3. The van der Waals surface area contributed by atoms with Gasteiger partial charge < -0.3 is 111 Å². The van der Waals surface area contributed by atoms with Crippen molar-refractivity contribution in [1.29, 1.82) is 5.41 Å². The number of imidazole rings is 1. The van der Waals surface area contributed by atoms with Gasteiger partial charge in [0.1, 0.15) is 84.3 Å². The number of aromatic amines is 1. The molecule has 0 radical (unpaired) electrons. The fourth-order valence-electron chi connectivity index (χ4n) is 13.7. The number of phenols is 1. The van der Waals surface area contributed by atoms with Gasteiger partial charge in [-0.1, -0.05) is 157 Å². The summed E-state index contributed by atoms with van der Waals surface area (Å²) in [5.74, 6) is -22.8. The van der Waals surface area contributed by atoms with Crippen LogP contribution in [0.4, 0.5) is 0 Å². The number of aryl methyl sites for hydroxylation is 1. The molecule has 0 unspecified atom stereocenters. The van der Waals surface area contributed by atoms with E-state index in [1.807, 2.05) is 67.6 Å². The lowest BCUT2D eigenvalue weighted by molar-refractivity contribution is -0.142. The van der Waals surface area contributed by atoms with Crippen molar-refractivity contribution < 1.29 is 102 Å². The molecular weight excluding hydrogens is 1680 g/mol. The third-order valence-electron chi connectivity index (χ3n) is 20.6. The first-order valence-corrected chi connectivity index (χ1v) is 43.5. The molecule has 13 atom stereocenters. The number of phenolic OH excluding ortho intramolecular Hbond substituents is 1. The summed E-state index contributed by atoms with van der Waals surface area (Å²) in [4.78, 5) is 249. The van der Waals surface area contributed by atoms with Crippen LogP contribution in [0.5, 0.6) is 5.75 Å². The van der Waals surface area contributed by atoms with Crippen LogP contribution in [-0.2, 0) is 107 Å². The molecule has 1 saturated heterocycles. The van der Waals surface area contributed by atoms with Crippen molar-refractivity contribution in [3.63, 3.8) is 0 Å². The van der Waals surface area contributed by atoms with Crippen LogP contribution in [0.2, 0.25) is 0 Å². The molecule has 1 fully saturated rings. The molecule has 0 saturated carbocycles. The number of nitrogens with zero attached hydrogens (tertiary/aromatic N) is 1. The van der Waals surface area contributed by atoms with Crippen LogP contribution < -0.4 is 85.9 Å². The summed E-state index contributed by atoms with van der Waals surface area (Å²) < 4.78 is 0. The highest BCUT2D eigenvalue weighted by Gasteiger charge is 2.40. The van der Waals surface area contributed by atoms with E-state index in [-0.39, 0.29) is 69.4 Å². The normalized spacial score (nSPS) is 22.7. The number of aromatic nitrogens is 2. The first kappa shape index (κ1) is 103. The number of guanidine groups is 1. The standard InChI is InChI=1S/C87H119N19O21S/c1-7-8-11-24-58-77(118)99-64(40-53-29-33-57(107)34-30-53)82(123)101-65(41-56-44-91-47-93-56)83(124)103-66(42-71(111)112)84(125)98-61(35-36-70(109)110)79(120)106-73(49(4)5)86(127)104-62(38-48(2)3)80(121)100-63(39-52-27-31-55(32-28-52)54-22-14-10-15-23-54)81(122)97-59(25-17-16-21-51-19-12-9-13-20-51)78(119)102-67(43-72(113)114)85(126)105-68(74(88)115)45-128-46-69(108)94-50(6)75(116)95-60(76(117)96-58)26-18-37-92-87(89)90/h9-10,12-15,19-20,22-23,27-34,44,47-50,58-68,73,107H,7-8,11,16-18,21,24-26,35-43,45-46H2,1-6H3,(H2,88,115)(H,91,93)(H,94,108)(H,95,116)(H,96,117)(H,97,122)(H,98,125)(H,99,118)(H,100,121)(H,101,123)(H,102,119)(H,103,124)(H,104,127)(H,105,126)(H,106,120)(H,109,110)(H,111,112)(H,113,114)(H4,89,90,92)/t50-,58-,59-,60-,61-,62-,63-,64-,65-,66-,67-,68-,73-/m0/s1. The number of nitrogens with one attached hydrogen (secondary N) is 16. The molecule has 14 amide bonds. The average molecular weight is 1800 g/mol. The Labute approximate surface area is 744 Å². The third kappa shape index (κ3) is 36.6. The number of carboxylic acid groups (broad SMARTS) is 3. The first-order chi connectivity index (χ1) is 60.9. The molecule has 1 aliphatic rings. The Kier molecular flexibility index (Phi) is 42.8. The summed E-state index contributed by atoms with van der Waals surface area (Å²) in [6.45, 7) is 9.54. The number of carboxylic acids is 3. The van der Waals surface area contributed by atoms with Crippen LogP contribution in [0.1, 0.15) is 154 Å². The van der Waals surface area contributed by atoms with E-state index in [4.69, 9.17) is 16.9 Å². The number of unbranched alkanes of at least 4 members (excludes halogenated alkanes) is 3. The SMILES string of the molecule is CCCCC[C@@H]1NC(=O)[C@H](CCCNC(=N)N)NC(=O)[C@H](C)NC(=O)CSC[C@@H](C(N)=O)NC(=O)[C@H](CC(=O)O)NC(=O)[C@H](CCCCc2ccccc2)NC(=O)[C@H](Cc2ccc(-c3ccccc3)cc2)NC(=O)[C@H](CC(C)C)NC(=O)[C@H](C(C)C)NC(=O)[C@H](CCC(=O)O)NC(=O)[C@H](CC(=O)O)NC(=O)[C@H](Cc2c[nH]cn2)NC(=O)[C@H](Cc2ccc(O)cc2)NC1=O. The minimum atomic E-state index is -2.14. The molecular formula is C87H119N19O21S. The summed E-state index contributed by atoms with van der Waals surface area (Å²) in [6, 6.07) is 8.81. The van der Waals surface area contributed by atoms with Gasteiger partial charge in [0.15, 0.2) is 5.96 Å². The molecule has 2 heterocycles. The average Bonchev–Trinajstić information content (AvgIpc) is 0.949. The number of primary amides is 1. The van der Waals surface area contributed by atoms with Gasteiger partial charge in [0.25, 0.3) is 0 Å². The number of rotatable bonds is 31. The zero-order chi connectivity index (χ0) is 94.1. The van der Waals surface area contributed by atoms with Crippen LogP contribution in [0.3, 0.4) is 0 Å². The summed E-state index contributed by atoms with van der Waals surface area (Å²) in [5, 5.41) is 84.0. The lowest BCUT2D eigenvalue weighted by Gasteiger charge is -2.30. The fraction of sp³-hybridized carbons (Fsp3) is 0.483. The van der Waals surface area contributed by atoms with Gasteiger partial charge in [-0.2, -0.15) is 0 Å². The fourth-order valence-corrected chi connectivity index (χ4v) is 14.6. The molecule has 41 heteroatoms. The number of H-pyrrole nitrogens is 1. The van der Waals surface area contributed by atoms with E-state index in [1.54, 1.807) is 38.1 Å². The van der Waals surface area contributed by atoms with Gasteiger partial charge >= 0.3 is 17.9 Å². The van der Waals surface area contributed by atoms with E-state index in [0.29, 0.717) is 43.2 Å². The Balaban J connectivity index is 1.45. The van der Waals surface area contributed by atoms with E-state index in [2.05, 4.69) is 84.4 Å². The number of benzene rings is 4. The van der Waals surface area contributed by atoms with Gasteiger partial charge in [-0.25, -0.2) is 4.98 Å². The highest BCUT2D eigenvalue weighted by Crippen LogP contribution is 2.22. The Morgan fingerprint density at radius 3 is 1.38 bits per heavy atom. The zero-order valence-corrected chi connectivity index (χ0v) is 73.1. The summed E-state index contributed by atoms with van der Waals surface area (Å²) in [6.07, 6.45) is -0.408. The molecule has 1 aliphatic heterocycles. The van der Waals surface area contributed by atoms with Crippen LogP contribution in [0.25, 0.3) is 11.1 Å². The van der Waals surface area contributed by atoms with Crippen LogP contribution in [0.15, 0.2) is 122 Å². The number of thioether (sulfide) groups is 1. The van der Waals surface area contributed by atoms with Crippen molar-refractivity contribution in [3.05, 3.63) is 144 Å². The van der Waals surface area contributed by atoms with Gasteiger partial charge in [-0.05, 0) is 110 Å². The molecule has 40 nitrogen and oxygen atoms in total. The number of hydrogen-bond donors (Lipinski definition) is 22. The predicted octanol–water partition coefficient (Wildman–Crippen LogP) is 0.137. The maximum Gasteiger partial charge on any atom is 0.305 e. The zero-order valence-electron chi connectivity index (χ0n) is 72.3. The molecule has 0 aliphatic carbocycles. The highest BCUT2D eigenvalue weighted by atomic mass is 32.2. The number of nitrogens with two attached hydrogens (primary N) is 2. The van der Waals surface area contributed by atoms with Crippen molar-refractivity contribution in [1.82, 2.24) is 84.4 Å². The van der Waals surface area contributed by atoms with Crippen LogP contribution in [0, 0.1) is 17.2 Å². The third-order valence-corrected chi connectivity index (χ3v) is 21.6. The van der Waals surface area contributed by atoms with E-state index in [9.17, 15) is 87.5 Å². The predicted molar refractivity (Wildman–Crippen MR) is 470 cm³/mol. The molecule has 24 N–H and O–H groups in total. The quantitative estimate of drug-likeness (QED) is 0.0159. The van der Waals surface area contributed by atoms with E-state index in [1.165, 1.54) is 57.6 Å². The van der Waals surface area contributed by atoms with Gasteiger partial charge in [0, 0.05) is 44.2 Å². The van der Waals surface area contributed by atoms with Crippen molar-refractivity contribution in [2.24, 2.45) is 23.3 Å². The summed E-state index contributed by atoms with van der Waals surface area (Å²) in [5.41, 5.74) is 14.7. The lowest BCUT2D eigenvalue weighted by atomic mass is 9.97. The number of hydrogen-bond acceptors (Lipinski definition) is 21. The maximum absolute atomic E-state index is 15.3. The van der Waals surface area contributed by atoms with Gasteiger partial charge in [0.2, 0.25) is 82.7 Å². The molecule has 0 bridgehead atoms. The lowest BCUT2D eigenvalue weighted by Crippen LogP contribution is -2.62. The van der Waals surface area contributed by atoms with Gasteiger partial charge in [-0.3, -0.25) is 86.9 Å². The second-order valence-electron chi connectivity index (χ2n) is 32.0. The molecule has 1 aromatic heterocycles. The molecule has 694 valence electrons. The number of aromatic hydroxyl groups is 1. The smallest absolute Gasteiger partial charge is 0.305 e. The summed E-state index contributed by atoms with van der Waals surface area (Å²) in [7, 11) is 0. The van der Waals surface area contributed by atoms with Crippen LogP contribution in [-0.4, -0.2) is 234 Å². The second-order valence-corrected chi connectivity index (χ2v) is 33.0. The Bertz CT molecular complexity index is 4610. The highest BCUT2D eigenvalue weighted by molar-refractivity contribution is 8.00. The Morgan fingerprint density at radius 2 is 0.898 bits per heavy atom. The van der Waals surface area contributed by atoms with Crippen molar-refractivity contribution in [3.8, 4) is 16.9 Å². The first-order valence-electron chi connectivity index (χ1n) is 42.3. The van der Waals surface area contributed by atoms with Crippen molar-refractivity contribution in [2.75, 3.05) is 18.1 Å². The second kappa shape index (κ2) is 53.1. The van der Waals surface area contributed by atoms with Gasteiger partial charge in [-0.15, -0.1) is 11.8 Å². The summed E-state index contributed by atoms with van der Waals surface area (Å²) >= 11 is 0.729. The Hall–Kier alpha value is -13.5. The molecule has 5 aromatic rings. The number of amides is 14. The molecule has 0 spiro atoms. The Morgan fingerprint density at radius 1 is 0.469 bits per heavy atom. The van der Waals surface area contributed by atoms with E-state index >= 15 is 14.4 Å². The topological polar surface area (TPSA) is 644 Å². The molecule has 4 aromatic carbocycles. The number of carbonyl (C=O) groups is 17. The largest absolute Gasteiger partial charge is 0.508 e. The monoisotopic (exact) mass is 1800 g/mol. The molecule has 6 rings (SSSR count). The van der Waals surface area contributed by atoms with E-state index < -0.39 is 241 Å².